The third kappa shape index (κ3) is 2.52. The molecule has 4 nitrogen and oxygen atoms in total. The molecule has 0 bridgehead atoms. The van der Waals surface area contributed by atoms with Gasteiger partial charge in [-0.05, 0) is 31.4 Å². The van der Waals surface area contributed by atoms with E-state index in [-0.39, 0.29) is 23.0 Å². The highest BCUT2D eigenvalue weighted by Gasteiger charge is 2.35. The Morgan fingerprint density at radius 2 is 2.21 bits per heavy atom. The zero-order chi connectivity index (χ0) is 14.0. The van der Waals surface area contributed by atoms with Crippen molar-refractivity contribution in [2.24, 2.45) is 5.73 Å². The lowest BCUT2D eigenvalue weighted by Crippen LogP contribution is -2.35. The third-order valence-electron chi connectivity index (χ3n) is 3.66. The maximum absolute atomic E-state index is 13.7. The van der Waals surface area contributed by atoms with Crippen molar-refractivity contribution in [3.8, 4) is 0 Å². The van der Waals surface area contributed by atoms with Crippen molar-refractivity contribution >= 4 is 10.0 Å². The van der Waals surface area contributed by atoms with Gasteiger partial charge in [-0.25, -0.2) is 12.8 Å². The van der Waals surface area contributed by atoms with Gasteiger partial charge in [0.2, 0.25) is 10.0 Å². The highest BCUT2D eigenvalue weighted by Crippen LogP contribution is 2.29. The molecular formula is C13H19FN2O2S. The van der Waals surface area contributed by atoms with Gasteiger partial charge in [0.05, 0.1) is 4.90 Å². The van der Waals surface area contributed by atoms with Crippen LogP contribution in [0.3, 0.4) is 0 Å². The lowest BCUT2D eigenvalue weighted by Gasteiger charge is -2.24. The zero-order valence-electron chi connectivity index (χ0n) is 11.0. The van der Waals surface area contributed by atoms with Crippen LogP contribution in [0.15, 0.2) is 23.1 Å². The predicted octanol–water partition coefficient (Wildman–Crippen LogP) is 1.85. The first kappa shape index (κ1) is 14.4. The molecule has 2 rings (SSSR count). The second kappa shape index (κ2) is 5.56. The Bertz CT molecular complexity index is 560. The van der Waals surface area contributed by atoms with Crippen molar-refractivity contribution in [3.63, 3.8) is 0 Å². The van der Waals surface area contributed by atoms with Gasteiger partial charge in [0.1, 0.15) is 5.82 Å². The minimum absolute atomic E-state index is 0.00958. The van der Waals surface area contributed by atoms with Gasteiger partial charge in [0, 0.05) is 24.7 Å². The lowest BCUT2D eigenvalue weighted by atomic mass is 10.2. The first-order chi connectivity index (χ1) is 9.02. The van der Waals surface area contributed by atoms with E-state index in [1.807, 2.05) is 6.92 Å². The number of nitrogens with two attached hydrogens (primary N) is 1. The Balaban J connectivity index is 2.48. The van der Waals surface area contributed by atoms with Gasteiger partial charge in [0.15, 0.2) is 0 Å². The molecule has 0 saturated carbocycles. The fourth-order valence-electron chi connectivity index (χ4n) is 2.64. The van der Waals surface area contributed by atoms with Crippen LogP contribution >= 0.6 is 0 Å². The molecule has 1 heterocycles. The van der Waals surface area contributed by atoms with E-state index in [2.05, 4.69) is 0 Å². The number of benzene rings is 1. The first-order valence-electron chi connectivity index (χ1n) is 6.51. The Hall–Kier alpha value is -0.980. The molecule has 1 aromatic carbocycles. The quantitative estimate of drug-likeness (QED) is 0.918. The van der Waals surface area contributed by atoms with Crippen LogP contribution in [0, 0.1) is 5.82 Å². The molecule has 1 atom stereocenters. The SMILES string of the molecule is CCC1CCCN1S(=O)(=O)c1cccc(F)c1CN. The molecule has 0 aliphatic carbocycles. The van der Waals surface area contributed by atoms with Gasteiger partial charge in [-0.3, -0.25) is 0 Å². The minimum Gasteiger partial charge on any atom is -0.326 e. The van der Waals surface area contributed by atoms with Crippen molar-refractivity contribution in [1.29, 1.82) is 0 Å². The number of hydrogen-bond acceptors (Lipinski definition) is 3. The van der Waals surface area contributed by atoms with Crippen molar-refractivity contribution < 1.29 is 12.8 Å². The Morgan fingerprint density at radius 1 is 1.47 bits per heavy atom. The van der Waals surface area contributed by atoms with Gasteiger partial charge in [0.25, 0.3) is 0 Å². The van der Waals surface area contributed by atoms with Gasteiger partial charge >= 0.3 is 0 Å². The summed E-state index contributed by atoms with van der Waals surface area (Å²) >= 11 is 0. The molecule has 1 unspecified atom stereocenters. The van der Waals surface area contributed by atoms with Gasteiger partial charge in [-0.2, -0.15) is 4.31 Å². The Morgan fingerprint density at radius 3 is 2.84 bits per heavy atom. The fraction of sp³-hybridized carbons (Fsp3) is 0.538. The van der Waals surface area contributed by atoms with Crippen molar-refractivity contribution in [1.82, 2.24) is 4.31 Å². The summed E-state index contributed by atoms with van der Waals surface area (Å²) in [6.07, 6.45) is 2.49. The van der Waals surface area contributed by atoms with Gasteiger partial charge < -0.3 is 5.73 Å². The normalized spacial score (nSPS) is 20.9. The van der Waals surface area contributed by atoms with E-state index in [0.717, 1.165) is 19.3 Å². The number of nitrogens with zero attached hydrogens (tertiary/aromatic N) is 1. The van der Waals surface area contributed by atoms with Gasteiger partial charge in [-0.1, -0.05) is 13.0 Å². The molecule has 1 fully saturated rings. The summed E-state index contributed by atoms with van der Waals surface area (Å²) < 4.78 is 40.4. The maximum Gasteiger partial charge on any atom is 0.243 e. The second-order valence-electron chi connectivity index (χ2n) is 4.74. The topological polar surface area (TPSA) is 63.4 Å². The molecule has 0 radical (unpaired) electrons. The Labute approximate surface area is 113 Å². The van der Waals surface area contributed by atoms with E-state index in [1.165, 1.54) is 22.5 Å². The van der Waals surface area contributed by atoms with E-state index in [0.29, 0.717) is 6.54 Å². The molecular weight excluding hydrogens is 267 g/mol. The van der Waals surface area contributed by atoms with Crippen LogP contribution in [0.1, 0.15) is 31.7 Å². The van der Waals surface area contributed by atoms with E-state index in [9.17, 15) is 12.8 Å². The van der Waals surface area contributed by atoms with Crippen LogP contribution in [0.5, 0.6) is 0 Å². The summed E-state index contributed by atoms with van der Waals surface area (Å²) in [5, 5.41) is 0. The zero-order valence-corrected chi connectivity index (χ0v) is 11.8. The van der Waals surface area contributed by atoms with Crippen LogP contribution in [0.25, 0.3) is 0 Å². The van der Waals surface area contributed by atoms with Crippen LogP contribution in [0.2, 0.25) is 0 Å². The minimum atomic E-state index is -3.65. The van der Waals surface area contributed by atoms with Crippen LogP contribution in [0.4, 0.5) is 4.39 Å². The number of halogens is 1. The maximum atomic E-state index is 13.7. The summed E-state index contributed by atoms with van der Waals surface area (Å²) in [6, 6.07) is 4.10. The number of hydrogen-bond donors (Lipinski definition) is 1. The molecule has 1 aliphatic rings. The molecule has 6 heteroatoms. The van der Waals surface area contributed by atoms with Crippen molar-refractivity contribution in [3.05, 3.63) is 29.6 Å². The monoisotopic (exact) mass is 286 g/mol. The summed E-state index contributed by atoms with van der Waals surface area (Å²) in [7, 11) is -3.65. The van der Waals surface area contributed by atoms with Crippen LogP contribution < -0.4 is 5.73 Å². The lowest BCUT2D eigenvalue weighted by molar-refractivity contribution is 0.379. The Kier molecular flexibility index (Phi) is 4.23. The molecule has 2 N–H and O–H groups in total. The van der Waals surface area contributed by atoms with Gasteiger partial charge in [-0.15, -0.1) is 0 Å². The average Bonchev–Trinajstić information content (AvgIpc) is 2.87. The van der Waals surface area contributed by atoms with E-state index in [4.69, 9.17) is 5.73 Å². The average molecular weight is 286 g/mol. The predicted molar refractivity (Wildman–Crippen MR) is 71.5 cm³/mol. The fourth-order valence-corrected chi connectivity index (χ4v) is 4.65. The highest BCUT2D eigenvalue weighted by atomic mass is 32.2. The van der Waals surface area contributed by atoms with Crippen molar-refractivity contribution in [2.45, 2.75) is 43.7 Å². The number of sulfonamides is 1. The molecule has 1 aromatic rings. The first-order valence-corrected chi connectivity index (χ1v) is 7.95. The third-order valence-corrected chi connectivity index (χ3v) is 5.70. The summed E-state index contributed by atoms with van der Waals surface area (Å²) in [6.45, 7) is 2.35. The van der Waals surface area contributed by atoms with E-state index < -0.39 is 15.8 Å². The highest BCUT2D eigenvalue weighted by molar-refractivity contribution is 7.89. The summed E-state index contributed by atoms with van der Waals surface area (Å²) in [5.41, 5.74) is 5.56. The van der Waals surface area contributed by atoms with Crippen LogP contribution in [-0.2, 0) is 16.6 Å². The molecule has 0 amide bonds. The summed E-state index contributed by atoms with van der Waals surface area (Å²) in [4.78, 5) is 0.00958. The smallest absolute Gasteiger partial charge is 0.243 e. The standard InChI is InChI=1S/C13H19FN2O2S/c1-2-10-5-4-8-16(10)19(17,18)13-7-3-6-12(14)11(13)9-15/h3,6-7,10H,2,4-5,8-9,15H2,1H3. The molecule has 0 aromatic heterocycles. The van der Waals surface area contributed by atoms with Crippen molar-refractivity contribution in [2.75, 3.05) is 6.54 Å². The molecule has 19 heavy (non-hydrogen) atoms. The molecule has 1 saturated heterocycles. The molecule has 0 spiro atoms. The summed E-state index contributed by atoms with van der Waals surface area (Å²) in [5.74, 6) is -0.559. The molecule has 106 valence electrons. The largest absolute Gasteiger partial charge is 0.326 e. The second-order valence-corrected chi connectivity index (χ2v) is 6.60. The van der Waals surface area contributed by atoms with E-state index in [1.54, 1.807) is 0 Å². The van der Waals surface area contributed by atoms with E-state index >= 15 is 0 Å². The number of rotatable bonds is 4. The van der Waals surface area contributed by atoms with Crippen LogP contribution in [-0.4, -0.2) is 25.3 Å². The molecule has 1 aliphatic heterocycles.